The Kier molecular flexibility index (Phi) is 2.26. The number of fused-ring (bicyclic) bond motifs is 1. The van der Waals surface area contributed by atoms with Crippen molar-refractivity contribution in [2.75, 3.05) is 6.79 Å². The molecule has 1 aliphatic heterocycles. The van der Waals surface area contributed by atoms with Gasteiger partial charge in [-0.25, -0.2) is 0 Å². The van der Waals surface area contributed by atoms with E-state index in [-0.39, 0.29) is 6.79 Å². The maximum atomic E-state index is 10.7. The van der Waals surface area contributed by atoms with E-state index in [2.05, 4.69) is 11.8 Å². The van der Waals surface area contributed by atoms with Crippen molar-refractivity contribution in [1.82, 2.24) is 0 Å². The van der Waals surface area contributed by atoms with E-state index in [1.165, 1.54) is 0 Å². The molecule has 1 aromatic rings. The van der Waals surface area contributed by atoms with Crippen LogP contribution in [0.15, 0.2) is 12.1 Å². The highest BCUT2D eigenvalue weighted by molar-refractivity contribution is 5.81. The SMILES string of the molecule is N#CC#Cc1cc2c(cc1C=O)OCO2. The van der Waals surface area contributed by atoms with Crippen molar-refractivity contribution < 1.29 is 14.3 Å². The molecular formula is C11H5NO3. The Hall–Kier alpha value is -2.46. The summed E-state index contributed by atoms with van der Waals surface area (Å²) in [6, 6.07) is 4.83. The molecule has 0 fully saturated rings. The number of carbonyl (C=O) groups is 1. The molecule has 1 aliphatic rings. The Bertz CT molecular complexity index is 517. The van der Waals surface area contributed by atoms with Crippen LogP contribution < -0.4 is 9.47 Å². The number of hydrogen-bond donors (Lipinski definition) is 0. The predicted octanol–water partition coefficient (Wildman–Crippen LogP) is 1.10. The summed E-state index contributed by atoms with van der Waals surface area (Å²) in [6.07, 6.45) is 0.670. The summed E-state index contributed by atoms with van der Waals surface area (Å²) in [5.74, 6) is 5.87. The number of carbonyl (C=O) groups excluding carboxylic acids is 1. The molecule has 4 nitrogen and oxygen atoms in total. The number of nitriles is 1. The molecule has 0 radical (unpaired) electrons. The van der Waals surface area contributed by atoms with Crippen molar-refractivity contribution in [2.24, 2.45) is 0 Å². The zero-order valence-corrected chi connectivity index (χ0v) is 7.61. The average Bonchev–Trinajstić information content (AvgIpc) is 2.71. The van der Waals surface area contributed by atoms with Crippen LogP contribution in [0, 0.1) is 23.2 Å². The second-order valence-corrected chi connectivity index (χ2v) is 2.77. The van der Waals surface area contributed by atoms with Crippen molar-refractivity contribution in [2.45, 2.75) is 0 Å². The maximum Gasteiger partial charge on any atom is 0.231 e. The van der Waals surface area contributed by atoms with Gasteiger partial charge in [0.25, 0.3) is 0 Å². The Morgan fingerprint density at radius 2 is 2.07 bits per heavy atom. The molecule has 72 valence electrons. The molecule has 0 bridgehead atoms. The van der Waals surface area contributed by atoms with Crippen molar-refractivity contribution in [3.8, 4) is 29.4 Å². The van der Waals surface area contributed by atoms with Crippen LogP contribution in [0.4, 0.5) is 0 Å². The summed E-state index contributed by atoms with van der Waals surface area (Å²) < 4.78 is 10.2. The number of benzene rings is 1. The first kappa shape index (κ1) is 9.11. The van der Waals surface area contributed by atoms with Crippen molar-refractivity contribution in [3.63, 3.8) is 0 Å². The van der Waals surface area contributed by atoms with Crippen LogP contribution in [0.5, 0.6) is 11.5 Å². The lowest BCUT2D eigenvalue weighted by molar-refractivity contribution is 0.112. The number of hydrogen-bond acceptors (Lipinski definition) is 4. The molecule has 0 saturated carbocycles. The minimum Gasteiger partial charge on any atom is -0.454 e. The second kappa shape index (κ2) is 3.73. The Morgan fingerprint density at radius 3 is 2.73 bits per heavy atom. The van der Waals surface area contributed by atoms with E-state index in [1.807, 2.05) is 0 Å². The fourth-order valence-corrected chi connectivity index (χ4v) is 1.26. The van der Waals surface area contributed by atoms with Gasteiger partial charge in [0.1, 0.15) is 0 Å². The lowest BCUT2D eigenvalue weighted by Crippen LogP contribution is -1.92. The molecule has 0 unspecified atom stereocenters. The van der Waals surface area contributed by atoms with Crippen LogP contribution in [-0.4, -0.2) is 13.1 Å². The second-order valence-electron chi connectivity index (χ2n) is 2.77. The molecule has 0 amide bonds. The minimum atomic E-state index is 0.142. The fraction of sp³-hybridized carbons (Fsp3) is 0.0909. The molecule has 1 heterocycles. The van der Waals surface area contributed by atoms with Crippen LogP contribution in [0.25, 0.3) is 0 Å². The summed E-state index contributed by atoms with van der Waals surface area (Å²) in [5, 5.41) is 8.32. The van der Waals surface area contributed by atoms with Gasteiger partial charge in [0.2, 0.25) is 6.79 Å². The lowest BCUT2D eigenvalue weighted by atomic mass is 10.1. The van der Waals surface area contributed by atoms with Crippen molar-refractivity contribution in [1.29, 1.82) is 5.26 Å². The van der Waals surface area contributed by atoms with E-state index in [9.17, 15) is 4.79 Å². The van der Waals surface area contributed by atoms with Gasteiger partial charge in [0, 0.05) is 23.1 Å². The van der Waals surface area contributed by atoms with Gasteiger partial charge in [0.05, 0.1) is 0 Å². The van der Waals surface area contributed by atoms with E-state index in [1.54, 1.807) is 18.2 Å². The van der Waals surface area contributed by atoms with Gasteiger partial charge in [0.15, 0.2) is 23.9 Å². The topological polar surface area (TPSA) is 59.3 Å². The maximum absolute atomic E-state index is 10.7. The summed E-state index contributed by atoms with van der Waals surface area (Å²) in [7, 11) is 0. The molecule has 1 aromatic carbocycles. The predicted molar refractivity (Wildman–Crippen MR) is 50.4 cm³/mol. The highest BCUT2D eigenvalue weighted by Gasteiger charge is 2.16. The molecule has 2 rings (SSSR count). The minimum absolute atomic E-state index is 0.142. The van der Waals surface area contributed by atoms with Gasteiger partial charge in [-0.2, -0.15) is 5.26 Å². The number of aldehydes is 1. The fourth-order valence-electron chi connectivity index (χ4n) is 1.26. The highest BCUT2D eigenvalue weighted by atomic mass is 16.7. The monoisotopic (exact) mass is 199 g/mol. The lowest BCUT2D eigenvalue weighted by Gasteiger charge is -1.99. The number of rotatable bonds is 1. The van der Waals surface area contributed by atoms with Crippen molar-refractivity contribution in [3.05, 3.63) is 23.3 Å². The first-order valence-electron chi connectivity index (χ1n) is 4.14. The highest BCUT2D eigenvalue weighted by Crippen LogP contribution is 2.34. The molecule has 0 spiro atoms. The largest absolute Gasteiger partial charge is 0.454 e. The van der Waals surface area contributed by atoms with Gasteiger partial charge in [-0.3, -0.25) is 4.79 Å². The molecule has 0 saturated heterocycles. The summed E-state index contributed by atoms with van der Waals surface area (Å²) in [5.41, 5.74) is 0.859. The van der Waals surface area contributed by atoms with Gasteiger partial charge in [-0.15, -0.1) is 0 Å². The summed E-state index contributed by atoms with van der Waals surface area (Å²) >= 11 is 0. The van der Waals surface area contributed by atoms with E-state index in [0.717, 1.165) is 0 Å². The first-order chi connectivity index (χ1) is 7.35. The zero-order valence-electron chi connectivity index (χ0n) is 7.61. The molecule has 0 atom stereocenters. The van der Waals surface area contributed by atoms with E-state index >= 15 is 0 Å². The van der Waals surface area contributed by atoms with E-state index in [0.29, 0.717) is 28.9 Å². The van der Waals surface area contributed by atoms with Crippen LogP contribution >= 0.6 is 0 Å². The Morgan fingerprint density at radius 1 is 1.33 bits per heavy atom. The van der Waals surface area contributed by atoms with Crippen molar-refractivity contribution >= 4 is 6.29 Å². The molecular weight excluding hydrogens is 194 g/mol. The molecule has 0 N–H and O–H groups in total. The summed E-state index contributed by atoms with van der Waals surface area (Å²) in [6.45, 7) is 0.142. The third kappa shape index (κ3) is 1.61. The smallest absolute Gasteiger partial charge is 0.231 e. The zero-order chi connectivity index (χ0) is 10.7. The normalized spacial score (nSPS) is 11.1. The first-order valence-corrected chi connectivity index (χ1v) is 4.14. The third-order valence-electron chi connectivity index (χ3n) is 1.92. The van der Waals surface area contributed by atoms with Gasteiger partial charge >= 0.3 is 0 Å². The Labute approximate surface area is 86.0 Å². The van der Waals surface area contributed by atoms with E-state index in [4.69, 9.17) is 14.7 Å². The molecule has 15 heavy (non-hydrogen) atoms. The molecule has 0 aromatic heterocycles. The number of nitrogens with zero attached hydrogens (tertiary/aromatic N) is 1. The van der Waals surface area contributed by atoms with Gasteiger partial charge in [-0.1, -0.05) is 0 Å². The summed E-state index contributed by atoms with van der Waals surface area (Å²) in [4.78, 5) is 10.7. The van der Waals surface area contributed by atoms with Crippen LogP contribution in [-0.2, 0) is 0 Å². The third-order valence-corrected chi connectivity index (χ3v) is 1.92. The van der Waals surface area contributed by atoms with Crippen LogP contribution in [0.2, 0.25) is 0 Å². The quantitative estimate of drug-likeness (QED) is 0.502. The molecule has 4 heteroatoms. The van der Waals surface area contributed by atoms with Gasteiger partial charge in [-0.05, 0) is 12.0 Å². The standard InChI is InChI=1S/C11H5NO3/c12-3-1-2-8-4-10-11(15-7-14-10)5-9(8)6-13/h4-6H,7H2. The Balaban J connectivity index is 2.54. The molecule has 0 aliphatic carbocycles. The average molecular weight is 199 g/mol. The van der Waals surface area contributed by atoms with Crippen LogP contribution in [0.3, 0.4) is 0 Å². The number of ether oxygens (including phenoxy) is 2. The van der Waals surface area contributed by atoms with E-state index < -0.39 is 0 Å². The van der Waals surface area contributed by atoms with Gasteiger partial charge < -0.3 is 9.47 Å². The van der Waals surface area contributed by atoms with Crippen LogP contribution in [0.1, 0.15) is 15.9 Å².